The van der Waals surface area contributed by atoms with Crippen LogP contribution in [0.5, 0.6) is 0 Å². The van der Waals surface area contributed by atoms with E-state index in [1.54, 1.807) is 0 Å². The van der Waals surface area contributed by atoms with E-state index in [0.717, 1.165) is 0 Å². The highest BCUT2D eigenvalue weighted by atomic mass is 16.5. The van der Waals surface area contributed by atoms with Gasteiger partial charge >= 0.3 is 6.09 Å². The lowest BCUT2D eigenvalue weighted by Gasteiger charge is -2.35. The Morgan fingerprint density at radius 2 is 2.07 bits per heavy atom. The number of carboxylic acid groups (broad SMARTS) is 1. The highest BCUT2D eigenvalue weighted by molar-refractivity contribution is 5.89. The molecule has 0 aliphatic carbocycles. The van der Waals surface area contributed by atoms with E-state index in [1.165, 1.54) is 4.90 Å². The largest absolute Gasteiger partial charge is 0.465 e. The Bertz CT molecular complexity index is 268. The van der Waals surface area contributed by atoms with Crippen molar-refractivity contribution in [2.75, 3.05) is 19.7 Å². The van der Waals surface area contributed by atoms with E-state index in [-0.39, 0.29) is 5.78 Å². The summed E-state index contributed by atoms with van der Waals surface area (Å²) in [6, 6.07) is 0. The van der Waals surface area contributed by atoms with Crippen LogP contribution in [0, 0.1) is 0 Å². The van der Waals surface area contributed by atoms with E-state index in [2.05, 4.69) is 0 Å². The molecule has 2 aliphatic heterocycles. The molecule has 0 unspecified atom stereocenters. The zero-order valence-electron chi connectivity index (χ0n) is 7.86. The Kier molecular flexibility index (Phi) is 2.19. The third kappa shape index (κ3) is 1.37. The number of rotatable bonds is 0. The maximum Gasteiger partial charge on any atom is 0.407 e. The molecule has 1 N–H and O–H groups in total. The van der Waals surface area contributed by atoms with Crippen molar-refractivity contribution in [3.05, 3.63) is 0 Å². The highest BCUT2D eigenvalue weighted by Crippen LogP contribution is 2.32. The van der Waals surface area contributed by atoms with Gasteiger partial charge < -0.3 is 14.7 Å². The molecule has 0 bridgehead atoms. The van der Waals surface area contributed by atoms with Gasteiger partial charge in [0.1, 0.15) is 5.60 Å². The predicted octanol–water partition coefficient (Wildman–Crippen LogP) is 0.488. The van der Waals surface area contributed by atoms with E-state index in [1.807, 2.05) is 0 Å². The van der Waals surface area contributed by atoms with Crippen LogP contribution in [0.25, 0.3) is 0 Å². The molecule has 2 rings (SSSR count). The summed E-state index contributed by atoms with van der Waals surface area (Å²) in [5.41, 5.74) is -0.647. The molecule has 0 aromatic rings. The number of nitrogens with zero attached hydrogens (tertiary/aromatic N) is 1. The van der Waals surface area contributed by atoms with E-state index in [9.17, 15) is 9.59 Å². The van der Waals surface area contributed by atoms with Crippen molar-refractivity contribution in [2.45, 2.75) is 24.9 Å². The van der Waals surface area contributed by atoms with E-state index < -0.39 is 11.7 Å². The summed E-state index contributed by atoms with van der Waals surface area (Å²) >= 11 is 0. The van der Waals surface area contributed by atoms with E-state index in [4.69, 9.17) is 9.84 Å². The molecular weight excluding hydrogens is 186 g/mol. The third-order valence-corrected chi connectivity index (χ3v) is 3.06. The first-order valence-electron chi connectivity index (χ1n) is 4.79. The lowest BCUT2D eigenvalue weighted by molar-refractivity contribution is -0.136. The van der Waals surface area contributed by atoms with Crippen LogP contribution in [0.15, 0.2) is 0 Å². The van der Waals surface area contributed by atoms with Crippen LogP contribution in [0.3, 0.4) is 0 Å². The van der Waals surface area contributed by atoms with Crippen molar-refractivity contribution >= 4 is 11.9 Å². The summed E-state index contributed by atoms with van der Waals surface area (Å²) in [4.78, 5) is 23.5. The minimum atomic E-state index is -0.912. The quantitative estimate of drug-likeness (QED) is 0.616. The topological polar surface area (TPSA) is 66.8 Å². The fourth-order valence-electron chi connectivity index (χ4n) is 2.13. The number of piperidine rings is 1. The molecule has 0 atom stereocenters. The third-order valence-electron chi connectivity index (χ3n) is 3.06. The van der Waals surface area contributed by atoms with Crippen LogP contribution in [-0.2, 0) is 9.53 Å². The first-order chi connectivity index (χ1) is 6.64. The number of likely N-dealkylation sites (tertiary alicyclic amines) is 1. The summed E-state index contributed by atoms with van der Waals surface area (Å²) in [5.74, 6) is 0.141. The summed E-state index contributed by atoms with van der Waals surface area (Å²) in [5, 5.41) is 8.74. The van der Waals surface area contributed by atoms with Gasteiger partial charge in [0.05, 0.1) is 6.61 Å². The van der Waals surface area contributed by atoms with Crippen molar-refractivity contribution in [1.82, 2.24) is 4.90 Å². The number of Topliss-reactive ketones (excluding diaryl/α,β-unsaturated/α-hetero) is 1. The normalized spacial score (nSPS) is 25.7. The van der Waals surface area contributed by atoms with Gasteiger partial charge in [0.25, 0.3) is 0 Å². The molecular formula is C9H13NO4. The van der Waals surface area contributed by atoms with Gasteiger partial charge in [-0.25, -0.2) is 4.79 Å². The highest BCUT2D eigenvalue weighted by Gasteiger charge is 2.46. The Hall–Kier alpha value is -1.10. The molecule has 2 heterocycles. The molecule has 1 spiro atoms. The molecule has 0 aromatic heterocycles. The van der Waals surface area contributed by atoms with Crippen molar-refractivity contribution in [3.63, 3.8) is 0 Å². The SMILES string of the molecule is O=C(O)N1CCC2(CC1)OCCC2=O. The number of carbonyl (C=O) groups is 2. The second-order valence-corrected chi connectivity index (χ2v) is 3.79. The molecule has 0 saturated carbocycles. The standard InChI is InChI=1S/C9H13NO4/c11-7-1-6-14-9(7)2-4-10(5-3-9)8(12)13/h1-6H2,(H,12,13). The molecule has 2 aliphatic rings. The summed E-state index contributed by atoms with van der Waals surface area (Å²) in [7, 11) is 0. The van der Waals surface area contributed by atoms with Crippen LogP contribution in [0.1, 0.15) is 19.3 Å². The fraction of sp³-hybridized carbons (Fsp3) is 0.778. The lowest BCUT2D eigenvalue weighted by atomic mass is 9.88. The van der Waals surface area contributed by atoms with Crippen LogP contribution < -0.4 is 0 Å². The first kappa shape index (κ1) is 9.45. The summed E-state index contributed by atoms with van der Waals surface area (Å²) in [6.07, 6.45) is 0.592. The van der Waals surface area contributed by atoms with Gasteiger partial charge in [0, 0.05) is 32.4 Å². The smallest absolute Gasteiger partial charge is 0.407 e. The maximum atomic E-state index is 11.5. The average molecular weight is 199 g/mol. The molecule has 5 heteroatoms. The Labute approximate surface area is 81.6 Å². The van der Waals surface area contributed by atoms with Gasteiger partial charge in [-0.15, -0.1) is 0 Å². The van der Waals surface area contributed by atoms with Crippen LogP contribution in [0.4, 0.5) is 4.79 Å². The molecule has 2 saturated heterocycles. The van der Waals surface area contributed by atoms with Crippen molar-refractivity contribution in [2.24, 2.45) is 0 Å². The number of hydrogen-bond acceptors (Lipinski definition) is 3. The van der Waals surface area contributed by atoms with E-state index >= 15 is 0 Å². The summed E-state index contributed by atoms with van der Waals surface area (Å²) in [6.45, 7) is 1.30. The van der Waals surface area contributed by atoms with Crippen LogP contribution in [-0.4, -0.2) is 47.2 Å². The monoisotopic (exact) mass is 199 g/mol. The van der Waals surface area contributed by atoms with Crippen LogP contribution >= 0.6 is 0 Å². The number of amides is 1. The predicted molar refractivity (Wildman–Crippen MR) is 47.1 cm³/mol. The van der Waals surface area contributed by atoms with Gasteiger partial charge in [-0.3, -0.25) is 4.79 Å². The second-order valence-electron chi connectivity index (χ2n) is 3.79. The maximum absolute atomic E-state index is 11.5. The fourth-order valence-corrected chi connectivity index (χ4v) is 2.13. The van der Waals surface area contributed by atoms with Gasteiger partial charge in [-0.2, -0.15) is 0 Å². The van der Waals surface area contributed by atoms with Gasteiger partial charge in [0.15, 0.2) is 5.78 Å². The lowest BCUT2D eigenvalue weighted by Crippen LogP contribution is -2.49. The van der Waals surface area contributed by atoms with Gasteiger partial charge in [-0.1, -0.05) is 0 Å². The molecule has 78 valence electrons. The zero-order chi connectivity index (χ0) is 10.2. The molecule has 0 radical (unpaired) electrons. The molecule has 2 fully saturated rings. The number of ketones is 1. The molecule has 5 nitrogen and oxygen atoms in total. The van der Waals surface area contributed by atoms with Gasteiger partial charge in [-0.05, 0) is 0 Å². The zero-order valence-corrected chi connectivity index (χ0v) is 7.86. The summed E-state index contributed by atoms with van der Waals surface area (Å²) < 4.78 is 5.45. The molecule has 0 aromatic carbocycles. The first-order valence-corrected chi connectivity index (χ1v) is 4.79. The number of hydrogen-bond donors (Lipinski definition) is 1. The van der Waals surface area contributed by atoms with Crippen LogP contribution in [0.2, 0.25) is 0 Å². The average Bonchev–Trinajstić information content (AvgIpc) is 2.49. The minimum Gasteiger partial charge on any atom is -0.465 e. The Morgan fingerprint density at radius 3 is 2.50 bits per heavy atom. The molecule has 14 heavy (non-hydrogen) atoms. The minimum absolute atomic E-state index is 0.141. The second kappa shape index (κ2) is 3.24. The van der Waals surface area contributed by atoms with E-state index in [0.29, 0.717) is 39.0 Å². The van der Waals surface area contributed by atoms with Crippen molar-refractivity contribution in [1.29, 1.82) is 0 Å². The number of carbonyl (C=O) groups excluding carboxylic acids is 1. The molecule has 1 amide bonds. The number of ether oxygens (including phenoxy) is 1. The Balaban J connectivity index is 2.01. The van der Waals surface area contributed by atoms with Crippen molar-refractivity contribution in [3.8, 4) is 0 Å². The van der Waals surface area contributed by atoms with Gasteiger partial charge in [0.2, 0.25) is 0 Å². The van der Waals surface area contributed by atoms with Crippen molar-refractivity contribution < 1.29 is 19.4 Å². The Morgan fingerprint density at radius 1 is 1.43 bits per heavy atom.